The van der Waals surface area contributed by atoms with Crippen molar-refractivity contribution in [3.05, 3.63) is 75.2 Å². The summed E-state index contributed by atoms with van der Waals surface area (Å²) in [5, 5.41) is 3.01. The van der Waals surface area contributed by atoms with E-state index in [0.29, 0.717) is 6.42 Å². The van der Waals surface area contributed by atoms with Gasteiger partial charge in [-0.1, -0.05) is 76.9 Å². The number of hydrogen-bond donors (Lipinski definition) is 2. The molecule has 2 heterocycles. The van der Waals surface area contributed by atoms with E-state index in [9.17, 15) is 9.59 Å². The van der Waals surface area contributed by atoms with Gasteiger partial charge in [0.2, 0.25) is 5.91 Å². The summed E-state index contributed by atoms with van der Waals surface area (Å²) in [6, 6.07) is 12.5. The summed E-state index contributed by atoms with van der Waals surface area (Å²) in [5.74, 6) is 0.0819. The number of amides is 1. The second kappa shape index (κ2) is 9.46. The maximum Gasteiger partial charge on any atom is 0.251 e. The van der Waals surface area contributed by atoms with Gasteiger partial charge in [-0.2, -0.15) is 0 Å². The van der Waals surface area contributed by atoms with Crippen LogP contribution in [0.5, 0.6) is 0 Å². The molecular formula is C26H34N2O2. The molecular weight excluding hydrogens is 372 g/mol. The zero-order valence-electron chi connectivity index (χ0n) is 18.7. The molecule has 1 aromatic heterocycles. The Balaban J connectivity index is 1.96. The number of H-pyrrole nitrogens is 1. The van der Waals surface area contributed by atoms with Gasteiger partial charge in [-0.05, 0) is 41.9 Å². The molecule has 0 saturated carbocycles. The zero-order chi connectivity index (χ0) is 21.7. The van der Waals surface area contributed by atoms with Gasteiger partial charge in [-0.15, -0.1) is 0 Å². The van der Waals surface area contributed by atoms with Gasteiger partial charge in [0.25, 0.3) is 5.56 Å². The van der Waals surface area contributed by atoms with Crippen LogP contribution in [0, 0.1) is 0 Å². The van der Waals surface area contributed by atoms with E-state index in [1.165, 1.54) is 5.56 Å². The highest BCUT2D eigenvalue weighted by atomic mass is 16.2. The summed E-state index contributed by atoms with van der Waals surface area (Å²) in [6.45, 7) is 8.75. The Kier molecular flexibility index (Phi) is 6.96. The molecule has 1 aliphatic rings. The molecule has 1 amide bonds. The van der Waals surface area contributed by atoms with Crippen molar-refractivity contribution in [2.45, 2.75) is 77.7 Å². The van der Waals surface area contributed by atoms with Gasteiger partial charge >= 0.3 is 0 Å². The lowest BCUT2D eigenvalue weighted by Crippen LogP contribution is -2.24. The van der Waals surface area contributed by atoms with Gasteiger partial charge in [0.05, 0.1) is 0 Å². The number of carbonyl (C=O) groups is 1. The summed E-state index contributed by atoms with van der Waals surface area (Å²) in [7, 11) is 0. The number of aromatic amines is 1. The maximum absolute atomic E-state index is 12.7. The Morgan fingerprint density at radius 3 is 2.37 bits per heavy atom. The Labute approximate surface area is 179 Å². The fraction of sp³-hybridized carbons (Fsp3) is 0.462. The molecule has 4 nitrogen and oxygen atoms in total. The lowest BCUT2D eigenvalue weighted by Gasteiger charge is -2.20. The quantitative estimate of drug-likeness (QED) is 0.627. The summed E-state index contributed by atoms with van der Waals surface area (Å²) >= 11 is 0. The van der Waals surface area contributed by atoms with Crippen molar-refractivity contribution in [1.29, 1.82) is 0 Å². The molecule has 1 atom stereocenters. The van der Waals surface area contributed by atoms with Gasteiger partial charge in [0.1, 0.15) is 0 Å². The summed E-state index contributed by atoms with van der Waals surface area (Å²) in [4.78, 5) is 27.5. The van der Waals surface area contributed by atoms with Gasteiger partial charge in [-0.3, -0.25) is 9.59 Å². The van der Waals surface area contributed by atoms with Crippen molar-refractivity contribution < 1.29 is 4.79 Å². The van der Waals surface area contributed by atoms with Crippen LogP contribution in [0.3, 0.4) is 0 Å². The molecule has 0 aliphatic carbocycles. The lowest BCUT2D eigenvalue weighted by atomic mass is 9.86. The molecule has 1 aliphatic heterocycles. The minimum absolute atomic E-state index is 0.0116. The van der Waals surface area contributed by atoms with Crippen LogP contribution in [0.15, 0.2) is 47.3 Å². The van der Waals surface area contributed by atoms with Crippen molar-refractivity contribution >= 4 is 11.5 Å². The Morgan fingerprint density at radius 1 is 1.07 bits per heavy atom. The molecule has 2 aromatic rings. The molecule has 1 aromatic carbocycles. The maximum atomic E-state index is 12.7. The van der Waals surface area contributed by atoms with E-state index < -0.39 is 0 Å². The van der Waals surface area contributed by atoms with Crippen molar-refractivity contribution in [3.8, 4) is 0 Å². The van der Waals surface area contributed by atoms with Crippen LogP contribution < -0.4 is 10.9 Å². The molecule has 3 rings (SSSR count). The summed E-state index contributed by atoms with van der Waals surface area (Å²) < 4.78 is 0. The summed E-state index contributed by atoms with van der Waals surface area (Å²) in [6.07, 6.45) is 7.52. The van der Waals surface area contributed by atoms with Crippen LogP contribution in [0.4, 0.5) is 0 Å². The average molecular weight is 407 g/mol. The fourth-order valence-corrected chi connectivity index (χ4v) is 3.88. The number of aromatic nitrogens is 1. The highest BCUT2D eigenvalue weighted by Gasteiger charge is 2.21. The number of pyridine rings is 1. The number of unbranched alkanes of at least 4 members (excludes halogenated alkanes) is 2. The van der Waals surface area contributed by atoms with Gasteiger partial charge in [0.15, 0.2) is 0 Å². The van der Waals surface area contributed by atoms with E-state index in [4.69, 9.17) is 0 Å². The van der Waals surface area contributed by atoms with Crippen LogP contribution >= 0.6 is 0 Å². The molecule has 0 unspecified atom stereocenters. The van der Waals surface area contributed by atoms with E-state index >= 15 is 0 Å². The lowest BCUT2D eigenvalue weighted by molar-refractivity contribution is -0.119. The smallest absolute Gasteiger partial charge is 0.251 e. The van der Waals surface area contributed by atoms with Crippen LogP contribution in [-0.2, 0) is 16.6 Å². The third-order valence-electron chi connectivity index (χ3n) is 5.79. The number of aryl methyl sites for hydroxylation is 1. The first-order valence-electron chi connectivity index (χ1n) is 11.1. The Morgan fingerprint density at radius 2 is 1.80 bits per heavy atom. The van der Waals surface area contributed by atoms with E-state index in [0.717, 1.165) is 54.5 Å². The number of rotatable bonds is 7. The monoisotopic (exact) mass is 406 g/mol. The van der Waals surface area contributed by atoms with Crippen molar-refractivity contribution in [2.24, 2.45) is 0 Å². The van der Waals surface area contributed by atoms with Crippen LogP contribution in [0.2, 0.25) is 0 Å². The molecule has 2 N–H and O–H groups in total. The van der Waals surface area contributed by atoms with Crippen molar-refractivity contribution in [2.75, 3.05) is 0 Å². The molecule has 4 heteroatoms. The van der Waals surface area contributed by atoms with E-state index in [1.807, 2.05) is 12.1 Å². The first-order valence-corrected chi connectivity index (χ1v) is 11.1. The van der Waals surface area contributed by atoms with E-state index in [2.05, 4.69) is 68.3 Å². The van der Waals surface area contributed by atoms with Crippen molar-refractivity contribution in [1.82, 2.24) is 10.3 Å². The zero-order valence-corrected chi connectivity index (χ0v) is 18.7. The van der Waals surface area contributed by atoms with Crippen molar-refractivity contribution in [3.63, 3.8) is 0 Å². The largest absolute Gasteiger partial charge is 0.350 e. The number of carbonyl (C=O) groups excluding carboxylic acids is 1. The van der Waals surface area contributed by atoms with Gasteiger partial charge in [0, 0.05) is 29.3 Å². The SMILES string of the molecule is CCCCCc1ccc(/C(=C\[C@H]2CCC(=O)N2)c2ccc(C(C)(C)C)cc2)[nH]c1=O. The highest BCUT2D eigenvalue weighted by Crippen LogP contribution is 2.28. The topological polar surface area (TPSA) is 62.0 Å². The van der Waals surface area contributed by atoms with Gasteiger partial charge in [-0.25, -0.2) is 0 Å². The Bertz CT molecular complexity index is 962. The second-order valence-corrected chi connectivity index (χ2v) is 9.30. The number of hydrogen-bond acceptors (Lipinski definition) is 2. The molecule has 0 bridgehead atoms. The number of benzene rings is 1. The molecule has 1 saturated heterocycles. The third-order valence-corrected chi connectivity index (χ3v) is 5.79. The van der Waals surface area contributed by atoms with E-state index in [-0.39, 0.29) is 22.9 Å². The minimum atomic E-state index is -0.0173. The molecule has 1 fully saturated rings. The molecule has 160 valence electrons. The first kappa shape index (κ1) is 22.1. The molecule has 0 radical (unpaired) electrons. The average Bonchev–Trinajstić information content (AvgIpc) is 3.12. The predicted octanol–water partition coefficient (Wildman–Crippen LogP) is 5.12. The van der Waals surface area contributed by atoms with Crippen LogP contribution in [0.1, 0.15) is 82.2 Å². The standard InChI is InChI=1S/C26H34N2O2/c1-5-6-7-8-19-11-15-23(28-25(19)30)22(17-21-14-16-24(29)27-21)18-9-12-20(13-10-18)26(2,3)4/h9-13,15,17,21H,5-8,14,16H2,1-4H3,(H,27,29)(H,28,30)/b22-17-/t21-/m1/s1. The number of nitrogens with one attached hydrogen (secondary N) is 2. The normalized spacial score (nSPS) is 17.3. The van der Waals surface area contributed by atoms with Crippen LogP contribution in [-0.4, -0.2) is 16.9 Å². The Hall–Kier alpha value is -2.62. The fourth-order valence-electron chi connectivity index (χ4n) is 3.88. The highest BCUT2D eigenvalue weighted by molar-refractivity contribution is 5.82. The van der Waals surface area contributed by atoms with Gasteiger partial charge < -0.3 is 10.3 Å². The van der Waals surface area contributed by atoms with Crippen LogP contribution in [0.25, 0.3) is 5.57 Å². The predicted molar refractivity (Wildman–Crippen MR) is 124 cm³/mol. The third kappa shape index (κ3) is 5.50. The first-order chi connectivity index (χ1) is 14.3. The summed E-state index contributed by atoms with van der Waals surface area (Å²) in [5.41, 5.74) is 4.96. The molecule has 0 spiro atoms. The second-order valence-electron chi connectivity index (χ2n) is 9.30. The van der Waals surface area contributed by atoms with E-state index in [1.54, 1.807) is 0 Å². The minimum Gasteiger partial charge on any atom is -0.350 e. The molecule has 30 heavy (non-hydrogen) atoms.